The molecule has 1 aliphatic carbocycles. The van der Waals surface area contributed by atoms with Gasteiger partial charge in [-0.15, -0.1) is 11.3 Å². The predicted octanol–water partition coefficient (Wildman–Crippen LogP) is -2.31. The van der Waals surface area contributed by atoms with Crippen molar-refractivity contribution < 1.29 is 34.3 Å². The Labute approximate surface area is 184 Å². The number of rotatable bonds is 5. The van der Waals surface area contributed by atoms with Crippen molar-refractivity contribution in [1.29, 1.82) is 0 Å². The molecule has 1 aromatic rings. The zero-order valence-corrected chi connectivity index (χ0v) is 18.4. The largest absolute Gasteiger partial charge is 0.390 e. The Balaban J connectivity index is 1.57. The zero-order chi connectivity index (χ0) is 22.3. The fourth-order valence-corrected chi connectivity index (χ4v) is 5.31. The molecule has 3 unspecified atom stereocenters. The summed E-state index contributed by atoms with van der Waals surface area (Å²) in [5, 5.41) is 43.5. The number of carbonyl (C=O) groups excluding carboxylic acids is 1. The van der Waals surface area contributed by atoms with Crippen LogP contribution >= 0.6 is 11.3 Å². The number of carbonyl (C=O) groups is 1. The molecule has 2 saturated heterocycles. The smallest absolute Gasteiger partial charge is 0.239 e. The first-order valence-corrected chi connectivity index (χ1v) is 11.3. The average Bonchev–Trinajstić information content (AvgIpc) is 3.21. The molecule has 12 heteroatoms. The van der Waals surface area contributed by atoms with Crippen molar-refractivity contribution >= 4 is 17.2 Å². The summed E-state index contributed by atoms with van der Waals surface area (Å²) in [6, 6.07) is -2.12. The van der Waals surface area contributed by atoms with Crippen LogP contribution in [-0.4, -0.2) is 101 Å². The van der Waals surface area contributed by atoms with Gasteiger partial charge in [0.05, 0.1) is 48.0 Å². The van der Waals surface area contributed by atoms with Gasteiger partial charge < -0.3 is 45.5 Å². The second kappa shape index (κ2) is 8.96. The highest BCUT2D eigenvalue weighted by Gasteiger charge is 2.63. The summed E-state index contributed by atoms with van der Waals surface area (Å²) in [5.74, 6) is -2.31. The van der Waals surface area contributed by atoms with Gasteiger partial charge in [0.2, 0.25) is 18.0 Å². The molecule has 174 valence electrons. The number of thiazole rings is 1. The van der Waals surface area contributed by atoms with Gasteiger partial charge in [0, 0.05) is 5.38 Å². The molecule has 3 fully saturated rings. The fraction of sp³-hybridized carbons (Fsp3) is 0.789. The summed E-state index contributed by atoms with van der Waals surface area (Å²) in [5.41, 5.74) is 2.29. The normalized spacial score (nSPS) is 44.9. The molecule has 1 aromatic heterocycles. The monoisotopic (exact) mass is 458 g/mol. The summed E-state index contributed by atoms with van der Waals surface area (Å²) in [6.45, 7) is 1.81. The third-order valence-corrected chi connectivity index (χ3v) is 6.95. The van der Waals surface area contributed by atoms with Crippen LogP contribution in [0.3, 0.4) is 0 Å². The van der Waals surface area contributed by atoms with E-state index in [1.807, 2.05) is 6.92 Å². The number of aliphatic hydroxyl groups is 3. The Morgan fingerprint density at radius 1 is 1.23 bits per heavy atom. The molecule has 0 spiro atoms. The van der Waals surface area contributed by atoms with Crippen molar-refractivity contribution in [2.75, 3.05) is 14.1 Å². The van der Waals surface area contributed by atoms with Gasteiger partial charge in [-0.1, -0.05) is 0 Å². The number of hydrogen-bond acceptors (Lipinski definition) is 11. The van der Waals surface area contributed by atoms with E-state index in [1.54, 1.807) is 25.0 Å². The van der Waals surface area contributed by atoms with Crippen LogP contribution in [0.15, 0.2) is 10.9 Å². The standard InChI is InChI=1S/C19H30N4O7S/c1-8-4-10(23-11(24)5-9-6-31-7-22-9)19(27)18(28-8)29-17-15(26)12(20-2)14(25)13(21-3)16(17)30-19/h6-8,10,12-18,20-21,25-27H,4-5H2,1-3H3,(H,23,24)/t8-,10-,12-,13+,14+,15+,16?,17?,18?,19+/m1/s1. The maximum absolute atomic E-state index is 12.6. The van der Waals surface area contributed by atoms with Crippen LogP contribution in [0.25, 0.3) is 0 Å². The number of aromatic nitrogens is 1. The van der Waals surface area contributed by atoms with Crippen LogP contribution in [0.1, 0.15) is 19.0 Å². The Morgan fingerprint density at radius 3 is 2.61 bits per heavy atom. The second-order valence-corrected chi connectivity index (χ2v) is 9.05. The number of hydrogen-bond donors (Lipinski definition) is 6. The highest BCUT2D eigenvalue weighted by Crippen LogP contribution is 2.41. The van der Waals surface area contributed by atoms with E-state index in [4.69, 9.17) is 14.2 Å². The van der Waals surface area contributed by atoms with E-state index in [1.165, 1.54) is 11.3 Å². The van der Waals surface area contributed by atoms with Crippen molar-refractivity contribution in [3.63, 3.8) is 0 Å². The zero-order valence-electron chi connectivity index (χ0n) is 17.6. The number of amides is 1. The summed E-state index contributed by atoms with van der Waals surface area (Å²) in [6.07, 6.45) is -5.03. The van der Waals surface area contributed by atoms with Gasteiger partial charge in [-0.3, -0.25) is 4.79 Å². The van der Waals surface area contributed by atoms with Crippen LogP contribution in [-0.2, 0) is 25.4 Å². The van der Waals surface area contributed by atoms with E-state index < -0.39 is 54.6 Å². The topological polar surface area (TPSA) is 154 Å². The molecule has 4 rings (SSSR count). The third kappa shape index (κ3) is 4.12. The minimum atomic E-state index is -1.99. The lowest BCUT2D eigenvalue weighted by molar-refractivity contribution is -0.449. The maximum Gasteiger partial charge on any atom is 0.239 e. The lowest BCUT2D eigenvalue weighted by Gasteiger charge is -2.58. The SMILES string of the molecule is CN[C@@H]1[C@H](O)[C@H](NC)C2O[C@]3(O)C(OC2[C@H]1O)O[C@H](C)C[C@H]3NC(=O)Cc1cscn1. The molecule has 0 bridgehead atoms. The average molecular weight is 459 g/mol. The summed E-state index contributed by atoms with van der Waals surface area (Å²) < 4.78 is 17.9. The van der Waals surface area contributed by atoms with E-state index in [9.17, 15) is 20.1 Å². The minimum absolute atomic E-state index is 0.0727. The van der Waals surface area contributed by atoms with E-state index in [0.29, 0.717) is 12.1 Å². The van der Waals surface area contributed by atoms with Gasteiger partial charge in [0.1, 0.15) is 18.3 Å². The van der Waals surface area contributed by atoms with Crippen LogP contribution in [0, 0.1) is 0 Å². The van der Waals surface area contributed by atoms with Crippen molar-refractivity contribution in [1.82, 2.24) is 20.9 Å². The molecule has 0 radical (unpaired) electrons. The van der Waals surface area contributed by atoms with Gasteiger partial charge in [0.15, 0.2) is 0 Å². The first-order chi connectivity index (χ1) is 14.8. The van der Waals surface area contributed by atoms with E-state index >= 15 is 0 Å². The molecule has 3 heterocycles. The van der Waals surface area contributed by atoms with Crippen molar-refractivity contribution in [3.8, 4) is 0 Å². The van der Waals surface area contributed by atoms with Gasteiger partial charge in [-0.05, 0) is 27.4 Å². The Kier molecular flexibility index (Phi) is 6.64. The van der Waals surface area contributed by atoms with E-state index in [0.717, 1.165) is 0 Å². The van der Waals surface area contributed by atoms with Gasteiger partial charge >= 0.3 is 0 Å². The molecule has 6 N–H and O–H groups in total. The number of likely N-dealkylation sites (N-methyl/N-ethyl adjacent to an activating group) is 2. The number of aliphatic hydroxyl groups excluding tert-OH is 2. The highest BCUT2D eigenvalue weighted by atomic mass is 32.1. The number of ether oxygens (including phenoxy) is 3. The van der Waals surface area contributed by atoms with Gasteiger partial charge in [-0.2, -0.15) is 0 Å². The van der Waals surface area contributed by atoms with Gasteiger partial charge in [-0.25, -0.2) is 4.98 Å². The first kappa shape index (κ1) is 23.0. The van der Waals surface area contributed by atoms with Crippen molar-refractivity contribution in [2.24, 2.45) is 0 Å². The molecule has 1 amide bonds. The van der Waals surface area contributed by atoms with Crippen LogP contribution in [0.2, 0.25) is 0 Å². The molecule has 0 aromatic carbocycles. The molecular formula is C19H30N4O7S. The number of nitrogens with one attached hydrogen (secondary N) is 3. The fourth-order valence-electron chi connectivity index (χ4n) is 4.75. The van der Waals surface area contributed by atoms with Crippen molar-refractivity contribution in [2.45, 2.75) is 80.5 Å². The number of fused-ring (bicyclic) bond motifs is 2. The van der Waals surface area contributed by atoms with E-state index in [2.05, 4.69) is 20.9 Å². The number of nitrogens with zero attached hydrogens (tertiary/aromatic N) is 1. The van der Waals surface area contributed by atoms with Crippen LogP contribution in [0.5, 0.6) is 0 Å². The lowest BCUT2D eigenvalue weighted by Crippen LogP contribution is -2.79. The predicted molar refractivity (Wildman–Crippen MR) is 109 cm³/mol. The highest BCUT2D eigenvalue weighted by molar-refractivity contribution is 7.07. The van der Waals surface area contributed by atoms with Crippen LogP contribution < -0.4 is 16.0 Å². The minimum Gasteiger partial charge on any atom is -0.390 e. The Bertz CT molecular complexity index is 770. The molecular weight excluding hydrogens is 428 g/mol. The molecule has 3 aliphatic rings. The molecule has 1 saturated carbocycles. The maximum atomic E-state index is 12.6. The molecule has 31 heavy (non-hydrogen) atoms. The lowest BCUT2D eigenvalue weighted by atomic mass is 9.79. The molecule has 10 atom stereocenters. The van der Waals surface area contributed by atoms with Crippen molar-refractivity contribution in [3.05, 3.63) is 16.6 Å². The summed E-state index contributed by atoms with van der Waals surface area (Å²) >= 11 is 1.40. The van der Waals surface area contributed by atoms with E-state index in [-0.39, 0.29) is 18.4 Å². The molecule has 11 nitrogen and oxygen atoms in total. The summed E-state index contributed by atoms with van der Waals surface area (Å²) in [4.78, 5) is 16.7. The quantitative estimate of drug-likeness (QED) is 0.284. The Hall–Kier alpha value is -1.22. The Morgan fingerprint density at radius 2 is 1.97 bits per heavy atom. The third-order valence-electron chi connectivity index (χ3n) is 6.31. The van der Waals surface area contributed by atoms with Gasteiger partial charge in [0.25, 0.3) is 0 Å². The molecule has 2 aliphatic heterocycles. The first-order valence-electron chi connectivity index (χ1n) is 10.4. The van der Waals surface area contributed by atoms with Crippen LogP contribution in [0.4, 0.5) is 0 Å². The summed E-state index contributed by atoms with van der Waals surface area (Å²) in [7, 11) is 3.29. The second-order valence-electron chi connectivity index (χ2n) is 8.34.